The van der Waals surface area contributed by atoms with Crippen LogP contribution in [0.1, 0.15) is 65.4 Å². The number of aryl methyl sites for hydroxylation is 1. The normalized spacial score (nSPS) is 22.9. The summed E-state index contributed by atoms with van der Waals surface area (Å²) in [6.45, 7) is 9.16. The number of nitrogens with one attached hydrogen (secondary N) is 1. The summed E-state index contributed by atoms with van der Waals surface area (Å²) in [5, 5.41) is 6.70. The fourth-order valence-electron chi connectivity index (χ4n) is 4.78. The summed E-state index contributed by atoms with van der Waals surface area (Å²) < 4.78 is 5.38. The molecule has 0 saturated carbocycles. The predicted molar refractivity (Wildman–Crippen MR) is 122 cm³/mol. The highest BCUT2D eigenvalue weighted by atomic mass is 16.5. The molecule has 0 radical (unpaired) electrons. The van der Waals surface area contributed by atoms with Gasteiger partial charge in [-0.05, 0) is 50.0 Å². The second-order valence-electron chi connectivity index (χ2n) is 9.78. The van der Waals surface area contributed by atoms with Crippen LogP contribution in [0.15, 0.2) is 30.3 Å². The van der Waals surface area contributed by atoms with Gasteiger partial charge in [-0.1, -0.05) is 51.1 Å². The third-order valence-corrected chi connectivity index (χ3v) is 6.72. The van der Waals surface area contributed by atoms with Gasteiger partial charge in [-0.2, -0.15) is 0 Å². The molecule has 2 heterocycles. The van der Waals surface area contributed by atoms with E-state index in [2.05, 4.69) is 5.32 Å². The molecule has 2 amide bonds. The van der Waals surface area contributed by atoms with Crippen molar-refractivity contribution >= 4 is 17.8 Å². The Morgan fingerprint density at radius 1 is 1.12 bits per heavy atom. The van der Waals surface area contributed by atoms with E-state index >= 15 is 0 Å². The molecule has 2 fully saturated rings. The molecule has 0 spiro atoms. The van der Waals surface area contributed by atoms with Crippen molar-refractivity contribution in [3.05, 3.63) is 35.9 Å². The largest absolute Gasteiger partial charge is 0.465 e. The molecule has 0 bridgehead atoms. The second kappa shape index (κ2) is 10.0. The molecule has 7 heteroatoms. The monoisotopic (exact) mass is 443 g/mol. The summed E-state index contributed by atoms with van der Waals surface area (Å²) in [5.74, 6) is -0.501. The van der Waals surface area contributed by atoms with E-state index in [1.54, 1.807) is 16.9 Å². The highest BCUT2D eigenvalue weighted by Crippen LogP contribution is 2.40. The van der Waals surface area contributed by atoms with Gasteiger partial charge in [-0.15, -0.1) is 0 Å². The van der Waals surface area contributed by atoms with Gasteiger partial charge in [0.2, 0.25) is 5.91 Å². The number of rotatable bonds is 7. The van der Waals surface area contributed by atoms with Gasteiger partial charge in [-0.25, -0.2) is 5.01 Å². The van der Waals surface area contributed by atoms with E-state index in [0.29, 0.717) is 32.4 Å². The first-order valence-corrected chi connectivity index (χ1v) is 11.8. The van der Waals surface area contributed by atoms with Crippen molar-refractivity contribution in [3.8, 4) is 0 Å². The predicted octanol–water partition coefficient (Wildman–Crippen LogP) is 3.09. The maximum atomic E-state index is 14.0. The van der Waals surface area contributed by atoms with Crippen LogP contribution < -0.4 is 5.32 Å². The van der Waals surface area contributed by atoms with Crippen LogP contribution in [0.5, 0.6) is 0 Å². The zero-order valence-electron chi connectivity index (χ0n) is 19.9. The molecule has 7 nitrogen and oxygen atoms in total. The van der Waals surface area contributed by atoms with Crippen molar-refractivity contribution in [2.45, 2.75) is 77.8 Å². The number of nitrogens with zero attached hydrogens (tertiary/aromatic N) is 2. The number of hydrogen-bond acceptors (Lipinski definition) is 5. The van der Waals surface area contributed by atoms with Crippen LogP contribution in [0.4, 0.5) is 0 Å². The zero-order chi connectivity index (χ0) is 23.4. The van der Waals surface area contributed by atoms with Gasteiger partial charge in [-0.3, -0.25) is 24.7 Å². The van der Waals surface area contributed by atoms with Crippen molar-refractivity contribution in [1.29, 1.82) is 0 Å². The lowest BCUT2D eigenvalue weighted by Gasteiger charge is -2.48. The minimum Gasteiger partial charge on any atom is -0.465 e. The molecule has 0 aromatic heterocycles. The number of carbonyl (C=O) groups is 3. The Morgan fingerprint density at radius 2 is 1.78 bits per heavy atom. The molecular formula is C25H37N3O4. The standard InChI is InChI=1S/C25H37N3O4/c1-5-32-22(30)20(14-13-19-11-7-6-8-12-19)26-25(24(2,3)4)16-15-21(29)27-17-9-10-18-28(27)23(25)31/h6-8,11-12,20,26H,5,9-10,13-18H2,1-4H3/t20-,25+/m1/s1. The van der Waals surface area contributed by atoms with E-state index in [9.17, 15) is 14.4 Å². The molecule has 32 heavy (non-hydrogen) atoms. The van der Waals surface area contributed by atoms with Gasteiger partial charge in [0.05, 0.1) is 6.61 Å². The highest BCUT2D eigenvalue weighted by Gasteiger charge is 2.55. The molecule has 2 atom stereocenters. The van der Waals surface area contributed by atoms with Crippen LogP contribution in [0.25, 0.3) is 0 Å². The fourth-order valence-corrected chi connectivity index (χ4v) is 4.78. The number of amides is 2. The van der Waals surface area contributed by atoms with Gasteiger partial charge >= 0.3 is 5.97 Å². The Hall–Kier alpha value is -2.41. The second-order valence-corrected chi connectivity index (χ2v) is 9.78. The van der Waals surface area contributed by atoms with Crippen LogP contribution in [0, 0.1) is 5.41 Å². The molecule has 0 unspecified atom stereocenters. The summed E-state index contributed by atoms with van der Waals surface area (Å²) in [7, 11) is 0. The van der Waals surface area contributed by atoms with E-state index < -0.39 is 17.0 Å². The van der Waals surface area contributed by atoms with Crippen molar-refractivity contribution in [2.75, 3.05) is 19.7 Å². The number of hydrazine groups is 1. The lowest BCUT2D eigenvalue weighted by molar-refractivity contribution is -0.171. The van der Waals surface area contributed by atoms with Crippen LogP contribution in [-0.2, 0) is 25.5 Å². The molecular weight excluding hydrogens is 406 g/mol. The summed E-state index contributed by atoms with van der Waals surface area (Å²) in [5.41, 5.74) is -0.448. The minimum absolute atomic E-state index is 0.0251. The number of fused-ring (bicyclic) bond motifs is 1. The van der Waals surface area contributed by atoms with Crippen molar-refractivity contribution < 1.29 is 19.1 Å². The van der Waals surface area contributed by atoms with Crippen LogP contribution >= 0.6 is 0 Å². The van der Waals surface area contributed by atoms with Crippen LogP contribution in [0.2, 0.25) is 0 Å². The van der Waals surface area contributed by atoms with Gasteiger partial charge < -0.3 is 4.74 Å². The quantitative estimate of drug-likeness (QED) is 0.655. The van der Waals surface area contributed by atoms with E-state index in [0.717, 1.165) is 18.4 Å². The van der Waals surface area contributed by atoms with Gasteiger partial charge in [0.25, 0.3) is 5.91 Å². The molecule has 3 rings (SSSR count). The molecule has 2 aliphatic rings. The maximum absolute atomic E-state index is 14.0. The number of esters is 1. The van der Waals surface area contributed by atoms with E-state index in [-0.39, 0.29) is 30.8 Å². The smallest absolute Gasteiger partial charge is 0.323 e. The SMILES string of the molecule is CCOC(=O)[C@@H](CCc1ccccc1)N[C@@]1(C(C)(C)C)CCC(=O)N2CCCCN2C1=O. The van der Waals surface area contributed by atoms with Crippen molar-refractivity contribution in [3.63, 3.8) is 0 Å². The van der Waals surface area contributed by atoms with Crippen molar-refractivity contribution in [1.82, 2.24) is 15.3 Å². The highest BCUT2D eigenvalue weighted by molar-refractivity contribution is 5.93. The first-order valence-electron chi connectivity index (χ1n) is 11.8. The van der Waals surface area contributed by atoms with Gasteiger partial charge in [0.15, 0.2) is 0 Å². The Morgan fingerprint density at radius 3 is 2.41 bits per heavy atom. The Balaban J connectivity index is 1.93. The average Bonchev–Trinajstić information content (AvgIpc) is 2.88. The molecule has 1 aromatic carbocycles. The Kier molecular flexibility index (Phi) is 7.59. The number of ether oxygens (including phenoxy) is 1. The molecule has 0 aliphatic carbocycles. The first-order chi connectivity index (χ1) is 15.2. The third kappa shape index (κ3) is 4.98. The topological polar surface area (TPSA) is 79.0 Å². The molecule has 176 valence electrons. The van der Waals surface area contributed by atoms with E-state index in [1.807, 2.05) is 51.1 Å². The molecule has 1 aromatic rings. The van der Waals surface area contributed by atoms with E-state index in [4.69, 9.17) is 4.74 Å². The van der Waals surface area contributed by atoms with Crippen LogP contribution in [-0.4, -0.2) is 59.1 Å². The zero-order valence-corrected chi connectivity index (χ0v) is 19.9. The van der Waals surface area contributed by atoms with Crippen LogP contribution in [0.3, 0.4) is 0 Å². The lowest BCUT2D eigenvalue weighted by Crippen LogP contribution is -2.69. The fraction of sp³-hybridized carbons (Fsp3) is 0.640. The number of hydrogen-bond donors (Lipinski definition) is 1. The van der Waals surface area contributed by atoms with Crippen molar-refractivity contribution in [2.24, 2.45) is 5.41 Å². The average molecular weight is 444 g/mol. The summed E-state index contributed by atoms with van der Waals surface area (Å²) in [6, 6.07) is 9.33. The molecule has 2 saturated heterocycles. The third-order valence-electron chi connectivity index (χ3n) is 6.72. The molecule has 1 N–H and O–H groups in total. The summed E-state index contributed by atoms with van der Waals surface area (Å²) in [6.07, 6.45) is 3.56. The summed E-state index contributed by atoms with van der Waals surface area (Å²) >= 11 is 0. The molecule has 2 aliphatic heterocycles. The first kappa shape index (κ1) is 24.2. The number of carbonyl (C=O) groups excluding carboxylic acids is 3. The number of benzene rings is 1. The van der Waals surface area contributed by atoms with Gasteiger partial charge in [0, 0.05) is 19.5 Å². The maximum Gasteiger partial charge on any atom is 0.323 e. The Labute approximate surface area is 191 Å². The Bertz CT molecular complexity index is 820. The van der Waals surface area contributed by atoms with E-state index in [1.165, 1.54) is 0 Å². The van der Waals surface area contributed by atoms with Gasteiger partial charge in [0.1, 0.15) is 11.6 Å². The lowest BCUT2D eigenvalue weighted by atomic mass is 9.69. The minimum atomic E-state index is -1.05. The summed E-state index contributed by atoms with van der Waals surface area (Å²) in [4.78, 5) is 39.8.